The summed E-state index contributed by atoms with van der Waals surface area (Å²) in [6.07, 6.45) is 1.50. The molecule has 6 nitrogen and oxygen atoms in total. The third-order valence-electron chi connectivity index (χ3n) is 4.14. The standard InChI is InChI=1S/C21H16N4O2/c26-18-9-5-14(6-10-18)13-22-25-21(27)20-12-19(23-24-20)17-8-7-15-3-1-2-4-16(15)11-17/h1-13,26H,(H,23,24)(H,25,27). The molecule has 0 spiro atoms. The zero-order valence-corrected chi connectivity index (χ0v) is 14.3. The van der Waals surface area contributed by atoms with Crippen LogP contribution in [0.1, 0.15) is 16.1 Å². The molecule has 0 aliphatic rings. The number of carbonyl (C=O) groups is 1. The Morgan fingerprint density at radius 2 is 1.78 bits per heavy atom. The molecule has 1 aromatic heterocycles. The van der Waals surface area contributed by atoms with Gasteiger partial charge in [0.2, 0.25) is 0 Å². The van der Waals surface area contributed by atoms with Gasteiger partial charge in [-0.3, -0.25) is 9.89 Å². The highest BCUT2D eigenvalue weighted by molar-refractivity contribution is 5.94. The van der Waals surface area contributed by atoms with Gasteiger partial charge in [0.1, 0.15) is 11.4 Å². The van der Waals surface area contributed by atoms with Gasteiger partial charge in [-0.25, -0.2) is 5.43 Å². The van der Waals surface area contributed by atoms with Gasteiger partial charge in [-0.05, 0) is 52.7 Å². The maximum atomic E-state index is 12.2. The quantitative estimate of drug-likeness (QED) is 0.385. The average molecular weight is 356 g/mol. The van der Waals surface area contributed by atoms with Crippen LogP contribution in [-0.2, 0) is 0 Å². The van der Waals surface area contributed by atoms with Crippen molar-refractivity contribution in [1.82, 2.24) is 15.6 Å². The maximum absolute atomic E-state index is 12.2. The van der Waals surface area contributed by atoms with E-state index in [0.29, 0.717) is 11.4 Å². The van der Waals surface area contributed by atoms with Crippen molar-refractivity contribution < 1.29 is 9.90 Å². The van der Waals surface area contributed by atoms with E-state index in [0.717, 1.165) is 21.9 Å². The van der Waals surface area contributed by atoms with E-state index in [-0.39, 0.29) is 11.7 Å². The number of phenolic OH excluding ortho intramolecular Hbond substituents is 1. The number of hydrazone groups is 1. The molecule has 0 atom stereocenters. The number of amides is 1. The van der Waals surface area contributed by atoms with E-state index in [2.05, 4.69) is 26.8 Å². The molecule has 3 N–H and O–H groups in total. The third-order valence-corrected chi connectivity index (χ3v) is 4.14. The highest BCUT2D eigenvalue weighted by Crippen LogP contribution is 2.23. The normalized spacial score (nSPS) is 11.1. The first-order valence-corrected chi connectivity index (χ1v) is 8.36. The largest absolute Gasteiger partial charge is 0.508 e. The third kappa shape index (κ3) is 3.69. The molecule has 0 aliphatic heterocycles. The van der Waals surface area contributed by atoms with Gasteiger partial charge >= 0.3 is 0 Å². The van der Waals surface area contributed by atoms with Crippen molar-refractivity contribution in [3.63, 3.8) is 0 Å². The molecule has 0 bridgehead atoms. The Hall–Kier alpha value is -3.93. The Morgan fingerprint density at radius 3 is 2.59 bits per heavy atom. The number of hydrogen-bond acceptors (Lipinski definition) is 4. The van der Waals surface area contributed by atoms with E-state index in [1.807, 2.05) is 36.4 Å². The Kier molecular flexibility index (Phi) is 4.37. The molecule has 1 heterocycles. The fraction of sp³-hybridized carbons (Fsp3) is 0. The van der Waals surface area contributed by atoms with Crippen molar-refractivity contribution in [2.24, 2.45) is 5.10 Å². The Labute approximate surface area is 155 Å². The van der Waals surface area contributed by atoms with Crippen LogP contribution in [0.3, 0.4) is 0 Å². The fourth-order valence-corrected chi connectivity index (χ4v) is 2.72. The molecule has 0 fully saturated rings. The number of carbonyl (C=O) groups excluding carboxylic acids is 1. The summed E-state index contributed by atoms with van der Waals surface area (Å²) < 4.78 is 0. The second kappa shape index (κ2) is 7.13. The number of nitrogens with one attached hydrogen (secondary N) is 2. The summed E-state index contributed by atoms with van der Waals surface area (Å²) in [5, 5.41) is 22.4. The number of rotatable bonds is 4. The van der Waals surface area contributed by atoms with Crippen molar-refractivity contribution in [3.05, 3.63) is 84.1 Å². The first-order chi connectivity index (χ1) is 13.2. The van der Waals surface area contributed by atoms with Gasteiger partial charge in [0, 0.05) is 5.56 Å². The summed E-state index contributed by atoms with van der Waals surface area (Å²) in [7, 11) is 0. The van der Waals surface area contributed by atoms with E-state index in [1.54, 1.807) is 30.3 Å². The molecule has 0 saturated carbocycles. The van der Waals surface area contributed by atoms with Gasteiger partial charge in [-0.1, -0.05) is 36.4 Å². The number of aromatic nitrogens is 2. The smallest absolute Gasteiger partial charge is 0.289 e. The monoisotopic (exact) mass is 356 g/mol. The maximum Gasteiger partial charge on any atom is 0.289 e. The zero-order valence-electron chi connectivity index (χ0n) is 14.3. The minimum Gasteiger partial charge on any atom is -0.508 e. The number of phenols is 1. The lowest BCUT2D eigenvalue weighted by Crippen LogP contribution is -2.17. The minimum atomic E-state index is -0.385. The summed E-state index contributed by atoms with van der Waals surface area (Å²) in [6, 6.07) is 22.3. The van der Waals surface area contributed by atoms with Gasteiger partial charge in [-0.2, -0.15) is 10.2 Å². The van der Waals surface area contributed by atoms with Crippen LogP contribution in [0.15, 0.2) is 77.9 Å². The van der Waals surface area contributed by atoms with E-state index in [9.17, 15) is 9.90 Å². The van der Waals surface area contributed by atoms with Crippen LogP contribution < -0.4 is 5.43 Å². The molecule has 4 rings (SSSR count). The number of aromatic hydroxyl groups is 1. The SMILES string of the molecule is O=C(NN=Cc1ccc(O)cc1)c1cc(-c2ccc3ccccc3c2)n[nH]1. The molecule has 0 saturated heterocycles. The second-order valence-electron chi connectivity index (χ2n) is 6.02. The summed E-state index contributed by atoms with van der Waals surface area (Å²) in [6.45, 7) is 0. The van der Waals surface area contributed by atoms with Gasteiger partial charge < -0.3 is 5.11 Å². The number of hydrogen-bond donors (Lipinski definition) is 3. The Bertz CT molecular complexity index is 1130. The first-order valence-electron chi connectivity index (χ1n) is 8.36. The van der Waals surface area contributed by atoms with Crippen LogP contribution in [-0.4, -0.2) is 27.4 Å². The Balaban J connectivity index is 1.47. The van der Waals surface area contributed by atoms with Gasteiger partial charge in [0.15, 0.2) is 0 Å². The molecule has 3 aromatic carbocycles. The molecule has 0 unspecified atom stereocenters. The molecule has 6 heteroatoms. The van der Waals surface area contributed by atoms with Crippen molar-refractivity contribution in [3.8, 4) is 17.0 Å². The van der Waals surface area contributed by atoms with Gasteiger partial charge in [-0.15, -0.1) is 0 Å². The number of nitrogens with zero attached hydrogens (tertiary/aromatic N) is 2. The van der Waals surface area contributed by atoms with E-state index >= 15 is 0 Å². The van der Waals surface area contributed by atoms with Crippen molar-refractivity contribution >= 4 is 22.9 Å². The summed E-state index contributed by atoms with van der Waals surface area (Å²) >= 11 is 0. The van der Waals surface area contributed by atoms with Gasteiger partial charge in [0.25, 0.3) is 5.91 Å². The lowest BCUT2D eigenvalue weighted by atomic mass is 10.1. The Morgan fingerprint density at radius 1 is 1.00 bits per heavy atom. The van der Waals surface area contributed by atoms with Crippen LogP contribution in [0, 0.1) is 0 Å². The minimum absolute atomic E-state index is 0.176. The summed E-state index contributed by atoms with van der Waals surface area (Å²) in [4.78, 5) is 12.2. The molecule has 4 aromatic rings. The van der Waals surface area contributed by atoms with E-state index in [1.165, 1.54) is 6.21 Å². The molecule has 27 heavy (non-hydrogen) atoms. The van der Waals surface area contributed by atoms with E-state index < -0.39 is 0 Å². The van der Waals surface area contributed by atoms with Crippen LogP contribution in [0.5, 0.6) is 5.75 Å². The lowest BCUT2D eigenvalue weighted by Gasteiger charge is -2.00. The molecule has 0 aliphatic carbocycles. The topological polar surface area (TPSA) is 90.4 Å². The van der Waals surface area contributed by atoms with Crippen molar-refractivity contribution in [1.29, 1.82) is 0 Å². The molecular formula is C21H16N4O2. The molecule has 1 amide bonds. The number of aromatic amines is 1. The average Bonchev–Trinajstić information content (AvgIpc) is 3.19. The number of fused-ring (bicyclic) bond motifs is 1. The van der Waals surface area contributed by atoms with Crippen molar-refractivity contribution in [2.45, 2.75) is 0 Å². The predicted molar refractivity (Wildman–Crippen MR) is 105 cm³/mol. The zero-order chi connectivity index (χ0) is 18.6. The molecule has 132 valence electrons. The highest BCUT2D eigenvalue weighted by atomic mass is 16.3. The number of benzene rings is 3. The summed E-state index contributed by atoms with van der Waals surface area (Å²) in [5.41, 5.74) is 5.15. The van der Waals surface area contributed by atoms with Crippen molar-refractivity contribution in [2.75, 3.05) is 0 Å². The van der Waals surface area contributed by atoms with Crippen LogP contribution in [0.25, 0.3) is 22.0 Å². The van der Waals surface area contributed by atoms with Crippen LogP contribution >= 0.6 is 0 Å². The molecule has 0 radical (unpaired) electrons. The van der Waals surface area contributed by atoms with Gasteiger partial charge in [0.05, 0.1) is 11.9 Å². The first kappa shape index (κ1) is 16.5. The lowest BCUT2D eigenvalue weighted by molar-refractivity contribution is 0.0950. The predicted octanol–water partition coefficient (Wildman–Crippen LogP) is 3.70. The second-order valence-corrected chi connectivity index (χ2v) is 6.02. The fourth-order valence-electron chi connectivity index (χ4n) is 2.72. The highest BCUT2D eigenvalue weighted by Gasteiger charge is 2.10. The summed E-state index contributed by atoms with van der Waals surface area (Å²) in [5.74, 6) is -0.209. The molecular weight excluding hydrogens is 340 g/mol. The van der Waals surface area contributed by atoms with Crippen LogP contribution in [0.2, 0.25) is 0 Å². The van der Waals surface area contributed by atoms with Crippen LogP contribution in [0.4, 0.5) is 0 Å². The number of H-pyrrole nitrogens is 1. The van der Waals surface area contributed by atoms with E-state index in [4.69, 9.17) is 0 Å².